The maximum atomic E-state index is 13.9. The third kappa shape index (κ3) is 5.93. The molecule has 0 saturated carbocycles. The van der Waals surface area contributed by atoms with Gasteiger partial charge in [0.15, 0.2) is 0 Å². The Labute approximate surface area is 212 Å². The van der Waals surface area contributed by atoms with Crippen LogP contribution in [0.3, 0.4) is 0 Å². The first-order valence-corrected chi connectivity index (χ1v) is 12.3. The fourth-order valence-electron chi connectivity index (χ4n) is 4.86. The number of nitrogens with zero attached hydrogens (tertiary/aromatic N) is 3. The molecule has 1 heterocycles. The Balaban J connectivity index is 1.54. The number of rotatable bonds is 6. The van der Waals surface area contributed by atoms with Gasteiger partial charge in [-0.1, -0.05) is 54.6 Å². The van der Waals surface area contributed by atoms with Gasteiger partial charge in [-0.05, 0) is 61.7 Å². The molecular weight excluding hydrogens is 452 g/mol. The predicted molar refractivity (Wildman–Crippen MR) is 141 cm³/mol. The molecule has 1 aliphatic rings. The minimum atomic E-state index is -0.565. The predicted octanol–water partition coefficient (Wildman–Crippen LogP) is 4.84. The van der Waals surface area contributed by atoms with E-state index in [1.54, 1.807) is 22.5 Å². The summed E-state index contributed by atoms with van der Waals surface area (Å²) in [6, 6.07) is 25.7. The lowest BCUT2D eigenvalue weighted by Gasteiger charge is -2.45. The monoisotopic (exact) mass is 486 g/mol. The van der Waals surface area contributed by atoms with Crippen LogP contribution < -0.4 is 10.4 Å². The average Bonchev–Trinajstić information content (AvgIpc) is 2.89. The Kier molecular flexibility index (Phi) is 8.03. The van der Waals surface area contributed by atoms with Gasteiger partial charge >= 0.3 is 6.03 Å². The van der Waals surface area contributed by atoms with E-state index in [2.05, 4.69) is 43.0 Å². The summed E-state index contributed by atoms with van der Waals surface area (Å²) < 4.78 is 0. The highest BCUT2D eigenvalue weighted by molar-refractivity contribution is 5.94. The molecule has 2 atom stereocenters. The molecule has 3 amide bonds. The normalized spacial score (nSPS) is 18.1. The van der Waals surface area contributed by atoms with Crippen LogP contribution in [0.25, 0.3) is 0 Å². The molecule has 1 fully saturated rings. The first kappa shape index (κ1) is 25.4. The van der Waals surface area contributed by atoms with Crippen LogP contribution in [0, 0.1) is 6.92 Å². The minimum absolute atomic E-state index is 0.0316. The molecule has 2 N–H and O–H groups in total. The van der Waals surface area contributed by atoms with Crippen molar-refractivity contribution in [3.8, 4) is 0 Å². The molecule has 0 radical (unpaired) electrons. The van der Waals surface area contributed by atoms with Gasteiger partial charge in [0.2, 0.25) is 0 Å². The molecule has 188 valence electrons. The highest BCUT2D eigenvalue weighted by Crippen LogP contribution is 2.25. The van der Waals surface area contributed by atoms with Crippen LogP contribution >= 0.6 is 0 Å². The van der Waals surface area contributed by atoms with E-state index >= 15 is 0 Å². The number of carbonyl (C=O) groups excluding carboxylic acids is 2. The standard InChI is InChI=1S/C29H34N4O3/c1-21-8-7-11-27(16-21)33(20-25-12-14-26(15-13-25)28(34)30-36)29(35)31-17-22(2)32(23(3)18-31)19-24-9-5-4-6-10-24/h4-16,22-23,36H,17-20H2,1-3H3,(H,30,34)/t22-,23+. The molecular formula is C29H34N4O3. The Morgan fingerprint density at radius 2 is 1.58 bits per heavy atom. The third-order valence-corrected chi connectivity index (χ3v) is 6.78. The number of amides is 3. The first-order valence-electron chi connectivity index (χ1n) is 12.3. The molecule has 3 aromatic rings. The van der Waals surface area contributed by atoms with Gasteiger partial charge in [-0.15, -0.1) is 0 Å². The van der Waals surface area contributed by atoms with Gasteiger partial charge in [-0.3, -0.25) is 19.8 Å². The van der Waals surface area contributed by atoms with Crippen LogP contribution in [-0.4, -0.2) is 52.1 Å². The van der Waals surface area contributed by atoms with Crippen molar-refractivity contribution in [3.63, 3.8) is 0 Å². The van der Waals surface area contributed by atoms with E-state index in [0.717, 1.165) is 23.4 Å². The fraction of sp³-hybridized carbons (Fsp3) is 0.310. The molecule has 0 bridgehead atoms. The van der Waals surface area contributed by atoms with Crippen molar-refractivity contribution in [2.24, 2.45) is 0 Å². The zero-order chi connectivity index (χ0) is 25.7. The van der Waals surface area contributed by atoms with E-state index in [1.807, 2.05) is 54.3 Å². The Morgan fingerprint density at radius 3 is 2.19 bits per heavy atom. The molecule has 0 unspecified atom stereocenters. The number of nitrogens with one attached hydrogen (secondary N) is 1. The van der Waals surface area contributed by atoms with Gasteiger partial charge in [-0.25, -0.2) is 10.3 Å². The average molecular weight is 487 g/mol. The third-order valence-electron chi connectivity index (χ3n) is 6.78. The van der Waals surface area contributed by atoms with Gasteiger partial charge in [0.1, 0.15) is 0 Å². The maximum absolute atomic E-state index is 13.9. The van der Waals surface area contributed by atoms with E-state index in [-0.39, 0.29) is 18.1 Å². The number of anilines is 1. The summed E-state index contributed by atoms with van der Waals surface area (Å²) in [4.78, 5) is 31.8. The van der Waals surface area contributed by atoms with Crippen molar-refractivity contribution in [1.29, 1.82) is 0 Å². The molecule has 0 spiro atoms. The van der Waals surface area contributed by atoms with Crippen molar-refractivity contribution in [1.82, 2.24) is 15.3 Å². The summed E-state index contributed by atoms with van der Waals surface area (Å²) in [5.74, 6) is -0.565. The molecule has 3 aromatic carbocycles. The molecule has 7 nitrogen and oxygen atoms in total. The number of benzene rings is 3. The Morgan fingerprint density at radius 1 is 0.917 bits per heavy atom. The molecule has 1 aliphatic heterocycles. The number of hydrogen-bond acceptors (Lipinski definition) is 4. The van der Waals surface area contributed by atoms with Crippen molar-refractivity contribution >= 4 is 17.6 Å². The topological polar surface area (TPSA) is 76.1 Å². The molecule has 0 aromatic heterocycles. The van der Waals surface area contributed by atoms with Crippen molar-refractivity contribution in [2.75, 3.05) is 18.0 Å². The fourth-order valence-corrected chi connectivity index (χ4v) is 4.86. The van der Waals surface area contributed by atoms with Gasteiger partial charge < -0.3 is 4.90 Å². The van der Waals surface area contributed by atoms with Crippen LogP contribution in [0.2, 0.25) is 0 Å². The van der Waals surface area contributed by atoms with Crippen LogP contribution in [0.15, 0.2) is 78.9 Å². The summed E-state index contributed by atoms with van der Waals surface area (Å²) in [5.41, 5.74) is 6.08. The highest BCUT2D eigenvalue weighted by Gasteiger charge is 2.34. The SMILES string of the molecule is Cc1cccc(N(Cc2ccc(C(=O)NO)cc2)C(=O)N2C[C@@H](C)N(Cc3ccccc3)[C@@H](C)C2)c1. The molecule has 4 rings (SSSR count). The van der Waals surface area contributed by atoms with Crippen LogP contribution in [0.5, 0.6) is 0 Å². The second kappa shape index (κ2) is 11.4. The second-order valence-electron chi connectivity index (χ2n) is 9.61. The maximum Gasteiger partial charge on any atom is 0.324 e. The minimum Gasteiger partial charge on any atom is -0.321 e. The van der Waals surface area contributed by atoms with Gasteiger partial charge in [-0.2, -0.15) is 0 Å². The van der Waals surface area contributed by atoms with Gasteiger partial charge in [0, 0.05) is 43.0 Å². The van der Waals surface area contributed by atoms with Crippen molar-refractivity contribution < 1.29 is 14.8 Å². The van der Waals surface area contributed by atoms with Gasteiger partial charge in [0.25, 0.3) is 5.91 Å². The zero-order valence-electron chi connectivity index (χ0n) is 21.1. The highest BCUT2D eigenvalue weighted by atomic mass is 16.5. The van der Waals surface area contributed by atoms with E-state index < -0.39 is 5.91 Å². The Bertz CT molecular complexity index is 1170. The number of urea groups is 1. The quantitative estimate of drug-likeness (QED) is 0.386. The van der Waals surface area contributed by atoms with E-state index in [1.165, 1.54) is 5.56 Å². The smallest absolute Gasteiger partial charge is 0.321 e. The number of piperazine rings is 1. The Hall–Kier alpha value is -3.68. The second-order valence-corrected chi connectivity index (χ2v) is 9.61. The van der Waals surface area contributed by atoms with Crippen LogP contribution in [0.4, 0.5) is 10.5 Å². The largest absolute Gasteiger partial charge is 0.324 e. The van der Waals surface area contributed by atoms with Gasteiger partial charge in [0.05, 0.1) is 6.54 Å². The van der Waals surface area contributed by atoms with Crippen LogP contribution in [-0.2, 0) is 13.1 Å². The molecule has 36 heavy (non-hydrogen) atoms. The van der Waals surface area contributed by atoms with E-state index in [4.69, 9.17) is 5.21 Å². The number of hydrogen-bond donors (Lipinski definition) is 2. The lowest BCUT2D eigenvalue weighted by Crippen LogP contribution is -2.59. The number of carbonyl (C=O) groups is 2. The molecule has 1 saturated heterocycles. The number of hydroxylamine groups is 1. The number of aryl methyl sites for hydroxylation is 1. The summed E-state index contributed by atoms with van der Waals surface area (Å²) in [6.45, 7) is 8.90. The zero-order valence-corrected chi connectivity index (χ0v) is 21.1. The molecule has 0 aliphatic carbocycles. The molecule has 7 heteroatoms. The van der Waals surface area contributed by atoms with Crippen molar-refractivity contribution in [3.05, 3.63) is 101 Å². The van der Waals surface area contributed by atoms with E-state index in [0.29, 0.717) is 25.2 Å². The first-order chi connectivity index (χ1) is 17.4. The lowest BCUT2D eigenvalue weighted by atomic mass is 10.1. The lowest BCUT2D eigenvalue weighted by molar-refractivity contribution is 0.0508. The van der Waals surface area contributed by atoms with Crippen molar-refractivity contribution in [2.45, 2.75) is 45.9 Å². The van der Waals surface area contributed by atoms with E-state index in [9.17, 15) is 9.59 Å². The summed E-state index contributed by atoms with van der Waals surface area (Å²) >= 11 is 0. The summed E-state index contributed by atoms with van der Waals surface area (Å²) in [6.07, 6.45) is 0. The summed E-state index contributed by atoms with van der Waals surface area (Å²) in [7, 11) is 0. The summed E-state index contributed by atoms with van der Waals surface area (Å²) in [5, 5.41) is 8.88. The van der Waals surface area contributed by atoms with Crippen LogP contribution in [0.1, 0.15) is 40.9 Å².